The van der Waals surface area contributed by atoms with Gasteiger partial charge in [-0.2, -0.15) is 0 Å². The van der Waals surface area contributed by atoms with Crippen molar-refractivity contribution in [1.29, 1.82) is 0 Å². The average molecular weight is 401 g/mol. The van der Waals surface area contributed by atoms with E-state index in [-0.39, 0.29) is 10.8 Å². The highest BCUT2D eigenvalue weighted by atomic mass is 15.0. The van der Waals surface area contributed by atoms with E-state index in [9.17, 15) is 0 Å². The second-order valence-electron chi connectivity index (χ2n) is 10.1. The van der Waals surface area contributed by atoms with Crippen molar-refractivity contribution in [2.24, 2.45) is 0 Å². The van der Waals surface area contributed by atoms with E-state index in [1.54, 1.807) is 0 Å². The standard InChI is InChI=1S/C29H24N2/c1-28(2)20-10-7-9-18-19-15-17(24-13-5-6-14-30-24)16-23-26(19)31(25(18)20)27-21(28)11-8-12-22(27)29(23,3)4/h5-16H,1-4H3. The first-order chi connectivity index (χ1) is 14.9. The number of rotatable bonds is 1. The second kappa shape index (κ2) is 5.26. The minimum absolute atomic E-state index is 0.0351. The Balaban J connectivity index is 1.78. The molecule has 0 saturated heterocycles. The van der Waals surface area contributed by atoms with E-state index in [0.717, 1.165) is 5.69 Å². The number of pyridine rings is 1. The molecule has 2 aromatic heterocycles. The van der Waals surface area contributed by atoms with Gasteiger partial charge in [-0.3, -0.25) is 4.98 Å². The number of hydrogen-bond donors (Lipinski definition) is 0. The lowest BCUT2D eigenvalue weighted by molar-refractivity contribution is 0.594. The predicted molar refractivity (Wildman–Crippen MR) is 128 cm³/mol. The summed E-state index contributed by atoms with van der Waals surface area (Å²) in [5, 5.41) is 2.68. The number of benzene rings is 3. The summed E-state index contributed by atoms with van der Waals surface area (Å²) < 4.78 is 2.57. The summed E-state index contributed by atoms with van der Waals surface area (Å²) in [5.74, 6) is 0. The molecule has 2 aliphatic rings. The van der Waals surface area contributed by atoms with Crippen LogP contribution in [0.2, 0.25) is 0 Å². The van der Waals surface area contributed by atoms with Crippen LogP contribution in [0.3, 0.4) is 0 Å². The Bertz CT molecular complexity index is 1570. The maximum atomic E-state index is 4.67. The van der Waals surface area contributed by atoms with Gasteiger partial charge in [0.15, 0.2) is 0 Å². The van der Waals surface area contributed by atoms with E-state index in [1.165, 1.54) is 55.3 Å². The van der Waals surface area contributed by atoms with Crippen molar-refractivity contribution >= 4 is 21.8 Å². The molecule has 2 nitrogen and oxygen atoms in total. The minimum Gasteiger partial charge on any atom is -0.308 e. The van der Waals surface area contributed by atoms with Crippen molar-refractivity contribution in [1.82, 2.24) is 9.55 Å². The van der Waals surface area contributed by atoms with E-state index in [2.05, 4.69) is 97.9 Å². The smallest absolute Gasteiger partial charge is 0.0702 e. The van der Waals surface area contributed by atoms with Crippen LogP contribution in [0.15, 0.2) is 72.9 Å². The fraction of sp³-hybridized carbons (Fsp3) is 0.207. The van der Waals surface area contributed by atoms with Crippen molar-refractivity contribution in [2.45, 2.75) is 38.5 Å². The third kappa shape index (κ3) is 1.88. The maximum Gasteiger partial charge on any atom is 0.0702 e. The molecule has 31 heavy (non-hydrogen) atoms. The monoisotopic (exact) mass is 400 g/mol. The molecular weight excluding hydrogens is 376 g/mol. The summed E-state index contributed by atoms with van der Waals surface area (Å²) in [6.45, 7) is 9.51. The molecule has 150 valence electrons. The lowest BCUT2D eigenvalue weighted by Crippen LogP contribution is -2.33. The molecular formula is C29H24N2. The van der Waals surface area contributed by atoms with Crippen molar-refractivity contribution in [3.05, 3.63) is 95.2 Å². The third-order valence-corrected chi connectivity index (χ3v) is 7.80. The van der Waals surface area contributed by atoms with Crippen LogP contribution in [0.4, 0.5) is 0 Å². The summed E-state index contributed by atoms with van der Waals surface area (Å²) >= 11 is 0. The van der Waals surface area contributed by atoms with Crippen LogP contribution in [0.5, 0.6) is 0 Å². The lowest BCUT2D eigenvalue weighted by Gasteiger charge is -2.42. The number of fused-ring (bicyclic) bond motifs is 1. The molecule has 2 aliphatic heterocycles. The van der Waals surface area contributed by atoms with Gasteiger partial charge in [-0.1, -0.05) is 70.2 Å². The zero-order valence-electron chi connectivity index (χ0n) is 18.3. The highest BCUT2D eigenvalue weighted by Crippen LogP contribution is 2.55. The Morgan fingerprint density at radius 1 is 0.645 bits per heavy atom. The number of aromatic nitrogens is 2. The largest absolute Gasteiger partial charge is 0.308 e. The van der Waals surface area contributed by atoms with Crippen LogP contribution in [0, 0.1) is 0 Å². The molecule has 0 unspecified atom stereocenters. The van der Waals surface area contributed by atoms with Crippen molar-refractivity contribution < 1.29 is 0 Å². The van der Waals surface area contributed by atoms with E-state index >= 15 is 0 Å². The Morgan fingerprint density at radius 3 is 2.06 bits per heavy atom. The molecule has 3 aromatic carbocycles. The van der Waals surface area contributed by atoms with Crippen LogP contribution < -0.4 is 0 Å². The van der Waals surface area contributed by atoms with E-state index in [4.69, 9.17) is 0 Å². The van der Waals surface area contributed by atoms with Gasteiger partial charge in [0.1, 0.15) is 0 Å². The quantitative estimate of drug-likeness (QED) is 0.293. The van der Waals surface area contributed by atoms with Crippen molar-refractivity contribution in [3.63, 3.8) is 0 Å². The van der Waals surface area contributed by atoms with Crippen LogP contribution in [0.1, 0.15) is 49.9 Å². The van der Waals surface area contributed by atoms with Gasteiger partial charge in [-0.15, -0.1) is 0 Å². The van der Waals surface area contributed by atoms with Gasteiger partial charge >= 0.3 is 0 Å². The summed E-state index contributed by atoms with van der Waals surface area (Å²) in [5.41, 5.74) is 11.9. The molecule has 7 rings (SSSR count). The van der Waals surface area contributed by atoms with Gasteiger partial charge in [0.05, 0.1) is 22.4 Å². The molecule has 0 spiro atoms. The average Bonchev–Trinajstić information content (AvgIpc) is 3.11. The molecule has 0 aliphatic carbocycles. The van der Waals surface area contributed by atoms with Crippen LogP contribution in [0.25, 0.3) is 38.8 Å². The number of hydrogen-bond acceptors (Lipinski definition) is 1. The number of para-hydroxylation sites is 2. The molecule has 0 amide bonds. The molecule has 0 bridgehead atoms. The van der Waals surface area contributed by atoms with Gasteiger partial charge in [-0.25, -0.2) is 0 Å². The topological polar surface area (TPSA) is 17.8 Å². The molecule has 0 radical (unpaired) electrons. The molecule has 0 saturated carbocycles. The zero-order valence-corrected chi connectivity index (χ0v) is 18.3. The van der Waals surface area contributed by atoms with Crippen LogP contribution in [-0.2, 0) is 10.8 Å². The molecule has 2 heteroatoms. The number of nitrogens with zero attached hydrogens (tertiary/aromatic N) is 2. The van der Waals surface area contributed by atoms with Gasteiger partial charge in [0.2, 0.25) is 0 Å². The SMILES string of the molecule is CC1(C)c2cccc3c2-n2c4c1cccc4c1cc(-c4ccccn4)cc(c12)C3(C)C. The van der Waals surface area contributed by atoms with Gasteiger partial charge in [0.25, 0.3) is 0 Å². The second-order valence-corrected chi connectivity index (χ2v) is 10.1. The van der Waals surface area contributed by atoms with E-state index in [1.807, 2.05) is 12.3 Å². The fourth-order valence-corrected chi connectivity index (χ4v) is 6.16. The van der Waals surface area contributed by atoms with Crippen LogP contribution >= 0.6 is 0 Å². The summed E-state index contributed by atoms with van der Waals surface area (Å²) in [7, 11) is 0. The van der Waals surface area contributed by atoms with E-state index in [0.29, 0.717) is 0 Å². The Hall–Kier alpha value is -3.39. The first kappa shape index (κ1) is 17.3. The van der Waals surface area contributed by atoms with Gasteiger partial charge in [0, 0.05) is 33.4 Å². The molecule has 0 atom stereocenters. The lowest BCUT2D eigenvalue weighted by atomic mass is 9.68. The predicted octanol–water partition coefficient (Wildman–Crippen LogP) is 7.12. The van der Waals surface area contributed by atoms with Gasteiger partial charge in [-0.05, 0) is 46.5 Å². The molecule has 0 fully saturated rings. The molecule has 5 aromatic rings. The fourth-order valence-electron chi connectivity index (χ4n) is 6.16. The highest BCUT2D eigenvalue weighted by Gasteiger charge is 2.43. The minimum atomic E-state index is -0.0909. The zero-order chi connectivity index (χ0) is 21.1. The molecule has 4 heterocycles. The Morgan fingerprint density at radius 2 is 1.32 bits per heavy atom. The normalized spacial score (nSPS) is 16.9. The Labute approximate surface area is 182 Å². The van der Waals surface area contributed by atoms with Crippen LogP contribution in [-0.4, -0.2) is 9.55 Å². The highest BCUT2D eigenvalue weighted by molar-refractivity contribution is 6.14. The Kier molecular flexibility index (Phi) is 2.94. The maximum absolute atomic E-state index is 4.67. The summed E-state index contributed by atoms with van der Waals surface area (Å²) in [6.07, 6.45) is 1.88. The third-order valence-electron chi connectivity index (χ3n) is 7.80. The summed E-state index contributed by atoms with van der Waals surface area (Å²) in [4.78, 5) is 4.67. The first-order valence-corrected chi connectivity index (χ1v) is 11.1. The molecule has 0 N–H and O–H groups in total. The van der Waals surface area contributed by atoms with Gasteiger partial charge < -0.3 is 4.57 Å². The first-order valence-electron chi connectivity index (χ1n) is 11.1. The van der Waals surface area contributed by atoms with Crippen molar-refractivity contribution in [3.8, 4) is 16.9 Å². The van der Waals surface area contributed by atoms with Crippen molar-refractivity contribution in [2.75, 3.05) is 0 Å². The van der Waals surface area contributed by atoms with E-state index < -0.39 is 0 Å². The summed E-state index contributed by atoms with van der Waals surface area (Å²) in [6, 6.07) is 24.7.